The lowest BCUT2D eigenvalue weighted by Crippen LogP contribution is -2.15. The van der Waals surface area contributed by atoms with Gasteiger partial charge in [0.05, 0.1) is 4.92 Å². The molecule has 1 fully saturated rings. The van der Waals surface area contributed by atoms with E-state index in [4.69, 9.17) is 5.73 Å². The van der Waals surface area contributed by atoms with Crippen molar-refractivity contribution in [3.8, 4) is 0 Å². The third kappa shape index (κ3) is 1.93. The normalized spacial score (nSPS) is 25.2. The van der Waals surface area contributed by atoms with Gasteiger partial charge in [0.2, 0.25) is 0 Å². The fourth-order valence-corrected chi connectivity index (χ4v) is 2.18. The van der Waals surface area contributed by atoms with Crippen LogP contribution in [0.15, 0.2) is 18.2 Å². The molecule has 3 atom stereocenters. The predicted octanol–water partition coefficient (Wildman–Crippen LogP) is 2.56. The van der Waals surface area contributed by atoms with Crippen molar-refractivity contribution in [3.63, 3.8) is 0 Å². The zero-order valence-corrected chi connectivity index (χ0v) is 9.51. The minimum Gasteiger partial charge on any atom is -0.324 e. The molecule has 86 valence electrons. The van der Waals surface area contributed by atoms with Crippen molar-refractivity contribution in [3.05, 3.63) is 39.4 Å². The standard InChI is InChI=1S/C12H16N2O2/c1-7-3-4-9(14(15)16)6-11(7)12(13)10-5-8(10)2/h3-4,6,8,10,12H,5,13H2,1-2H3. The predicted molar refractivity (Wildman–Crippen MR) is 62.0 cm³/mol. The van der Waals surface area contributed by atoms with Gasteiger partial charge in [-0.3, -0.25) is 10.1 Å². The summed E-state index contributed by atoms with van der Waals surface area (Å²) in [6.45, 7) is 4.11. The molecule has 0 aromatic heterocycles. The minimum absolute atomic E-state index is 0.0603. The first-order valence-electron chi connectivity index (χ1n) is 5.51. The Morgan fingerprint density at radius 1 is 1.56 bits per heavy atom. The third-order valence-corrected chi connectivity index (χ3v) is 3.47. The molecule has 0 radical (unpaired) electrons. The average Bonchev–Trinajstić information content (AvgIpc) is 2.95. The molecule has 1 aromatic rings. The van der Waals surface area contributed by atoms with Crippen molar-refractivity contribution in [1.82, 2.24) is 0 Å². The Labute approximate surface area is 94.6 Å². The topological polar surface area (TPSA) is 69.2 Å². The monoisotopic (exact) mass is 220 g/mol. The van der Waals surface area contributed by atoms with E-state index < -0.39 is 0 Å². The molecule has 1 aliphatic rings. The van der Waals surface area contributed by atoms with Crippen LogP contribution in [0.3, 0.4) is 0 Å². The number of nitro groups is 1. The van der Waals surface area contributed by atoms with Gasteiger partial charge in [-0.15, -0.1) is 0 Å². The Morgan fingerprint density at radius 2 is 2.19 bits per heavy atom. The number of nitrogens with zero attached hydrogens (tertiary/aromatic N) is 1. The number of hydrogen-bond acceptors (Lipinski definition) is 3. The van der Waals surface area contributed by atoms with Gasteiger partial charge in [0.25, 0.3) is 5.69 Å². The van der Waals surface area contributed by atoms with Crippen molar-refractivity contribution in [2.75, 3.05) is 0 Å². The van der Waals surface area contributed by atoms with Crippen LogP contribution in [0.4, 0.5) is 5.69 Å². The lowest BCUT2D eigenvalue weighted by atomic mass is 9.97. The number of benzene rings is 1. The van der Waals surface area contributed by atoms with E-state index in [-0.39, 0.29) is 16.7 Å². The molecule has 1 aliphatic carbocycles. The lowest BCUT2D eigenvalue weighted by Gasteiger charge is -2.14. The zero-order valence-electron chi connectivity index (χ0n) is 9.51. The number of non-ortho nitro benzene ring substituents is 1. The van der Waals surface area contributed by atoms with Crippen LogP contribution in [0, 0.1) is 28.9 Å². The second-order valence-corrected chi connectivity index (χ2v) is 4.70. The van der Waals surface area contributed by atoms with E-state index in [9.17, 15) is 10.1 Å². The minimum atomic E-state index is -0.369. The number of nitro benzene ring substituents is 1. The first kappa shape index (κ1) is 11.1. The van der Waals surface area contributed by atoms with Crippen LogP contribution in [0.5, 0.6) is 0 Å². The molecule has 1 aromatic carbocycles. The number of aryl methyl sites for hydroxylation is 1. The van der Waals surface area contributed by atoms with Crippen LogP contribution < -0.4 is 5.73 Å². The molecular weight excluding hydrogens is 204 g/mol. The summed E-state index contributed by atoms with van der Waals surface area (Å²) in [5, 5.41) is 10.7. The van der Waals surface area contributed by atoms with E-state index in [0.29, 0.717) is 11.8 Å². The van der Waals surface area contributed by atoms with Crippen molar-refractivity contribution in [2.24, 2.45) is 17.6 Å². The van der Waals surface area contributed by atoms with Gasteiger partial charge in [-0.1, -0.05) is 13.0 Å². The Balaban J connectivity index is 2.31. The van der Waals surface area contributed by atoms with E-state index >= 15 is 0 Å². The Bertz CT molecular complexity index is 431. The Morgan fingerprint density at radius 3 is 2.69 bits per heavy atom. The summed E-state index contributed by atoms with van der Waals surface area (Å²) >= 11 is 0. The summed E-state index contributed by atoms with van der Waals surface area (Å²) < 4.78 is 0. The summed E-state index contributed by atoms with van der Waals surface area (Å²) in [6, 6.07) is 4.86. The van der Waals surface area contributed by atoms with Gasteiger partial charge < -0.3 is 5.73 Å². The average molecular weight is 220 g/mol. The maximum atomic E-state index is 10.7. The lowest BCUT2D eigenvalue weighted by molar-refractivity contribution is -0.384. The highest BCUT2D eigenvalue weighted by molar-refractivity contribution is 5.41. The number of rotatable bonds is 3. The highest BCUT2D eigenvalue weighted by Crippen LogP contribution is 2.46. The number of hydrogen-bond donors (Lipinski definition) is 1. The maximum Gasteiger partial charge on any atom is 0.269 e. The highest BCUT2D eigenvalue weighted by atomic mass is 16.6. The van der Waals surface area contributed by atoms with Crippen LogP contribution in [-0.2, 0) is 0 Å². The second kappa shape index (κ2) is 3.87. The summed E-state index contributed by atoms with van der Waals surface area (Å²) in [5.41, 5.74) is 8.23. The Hall–Kier alpha value is -1.42. The molecule has 2 rings (SSSR count). The largest absolute Gasteiger partial charge is 0.324 e. The fraction of sp³-hybridized carbons (Fsp3) is 0.500. The van der Waals surface area contributed by atoms with Gasteiger partial charge in [0.15, 0.2) is 0 Å². The summed E-state index contributed by atoms with van der Waals surface area (Å²) in [6.07, 6.45) is 1.13. The molecule has 16 heavy (non-hydrogen) atoms. The molecule has 4 heteroatoms. The van der Waals surface area contributed by atoms with Crippen molar-refractivity contribution < 1.29 is 4.92 Å². The molecule has 0 aliphatic heterocycles. The van der Waals surface area contributed by atoms with Crippen molar-refractivity contribution >= 4 is 5.69 Å². The third-order valence-electron chi connectivity index (χ3n) is 3.47. The smallest absolute Gasteiger partial charge is 0.269 e. The van der Waals surface area contributed by atoms with Gasteiger partial charge in [-0.05, 0) is 36.3 Å². The van der Waals surface area contributed by atoms with Crippen LogP contribution in [-0.4, -0.2) is 4.92 Å². The number of nitrogens with two attached hydrogens (primary N) is 1. The molecule has 3 unspecified atom stereocenters. The summed E-state index contributed by atoms with van der Waals surface area (Å²) in [4.78, 5) is 10.3. The van der Waals surface area contributed by atoms with Gasteiger partial charge in [-0.25, -0.2) is 0 Å². The molecule has 0 bridgehead atoms. The molecule has 0 heterocycles. The second-order valence-electron chi connectivity index (χ2n) is 4.70. The van der Waals surface area contributed by atoms with E-state index in [1.807, 2.05) is 6.92 Å². The quantitative estimate of drug-likeness (QED) is 0.628. The maximum absolute atomic E-state index is 10.7. The van der Waals surface area contributed by atoms with E-state index in [0.717, 1.165) is 17.5 Å². The molecular formula is C12H16N2O2. The van der Waals surface area contributed by atoms with E-state index in [1.54, 1.807) is 12.1 Å². The fourth-order valence-electron chi connectivity index (χ4n) is 2.18. The van der Waals surface area contributed by atoms with E-state index in [2.05, 4.69) is 6.92 Å². The molecule has 0 amide bonds. The highest BCUT2D eigenvalue weighted by Gasteiger charge is 2.39. The molecule has 2 N–H and O–H groups in total. The molecule has 1 saturated carbocycles. The van der Waals surface area contributed by atoms with Gasteiger partial charge >= 0.3 is 0 Å². The van der Waals surface area contributed by atoms with Gasteiger partial charge in [0, 0.05) is 18.2 Å². The van der Waals surface area contributed by atoms with Crippen molar-refractivity contribution in [1.29, 1.82) is 0 Å². The summed E-state index contributed by atoms with van der Waals surface area (Å²) in [5.74, 6) is 1.13. The van der Waals surface area contributed by atoms with Crippen LogP contribution in [0.1, 0.15) is 30.5 Å². The van der Waals surface area contributed by atoms with Gasteiger partial charge in [-0.2, -0.15) is 0 Å². The van der Waals surface area contributed by atoms with Crippen LogP contribution in [0.25, 0.3) is 0 Å². The molecule has 4 nitrogen and oxygen atoms in total. The Kier molecular flexibility index (Phi) is 2.68. The van der Waals surface area contributed by atoms with Crippen LogP contribution in [0.2, 0.25) is 0 Å². The molecule has 0 saturated heterocycles. The first-order chi connectivity index (χ1) is 7.50. The van der Waals surface area contributed by atoms with Crippen LogP contribution >= 0.6 is 0 Å². The van der Waals surface area contributed by atoms with Crippen molar-refractivity contribution in [2.45, 2.75) is 26.3 Å². The summed E-state index contributed by atoms with van der Waals surface area (Å²) in [7, 11) is 0. The van der Waals surface area contributed by atoms with E-state index in [1.165, 1.54) is 6.07 Å². The first-order valence-corrected chi connectivity index (χ1v) is 5.51. The SMILES string of the molecule is Cc1ccc([N+](=O)[O-])cc1C(N)C1CC1C. The zero-order chi connectivity index (χ0) is 11.9. The molecule has 0 spiro atoms. The van der Waals surface area contributed by atoms with Gasteiger partial charge in [0.1, 0.15) is 0 Å².